The number of ether oxygens (including phenoxy) is 3. The molecule has 0 atom stereocenters. The van der Waals surface area contributed by atoms with Crippen LogP contribution in [-0.4, -0.2) is 30.2 Å². The Morgan fingerprint density at radius 3 is 2.80 bits per heavy atom. The van der Waals surface area contributed by atoms with Crippen LogP contribution < -0.4 is 19.5 Å². The van der Waals surface area contributed by atoms with E-state index in [1.165, 1.54) is 11.8 Å². The first-order valence-corrected chi connectivity index (χ1v) is 8.80. The van der Waals surface area contributed by atoms with Gasteiger partial charge in [-0.25, -0.2) is 0 Å². The number of anilines is 1. The quantitative estimate of drug-likeness (QED) is 0.631. The van der Waals surface area contributed by atoms with Crippen molar-refractivity contribution in [1.82, 2.24) is 0 Å². The van der Waals surface area contributed by atoms with Gasteiger partial charge in [0.05, 0.1) is 11.5 Å². The standard InChI is InChI=1S/C18H17NO5S/c1-12-3-2-4-13(7-12)19-17(20)9-25-10-18(21)24-14-5-6-15-16(8-14)23-11-22-15/h2-8H,9-11H2,1H3,(H,19,20). The molecule has 7 heteroatoms. The van der Waals surface area contributed by atoms with Gasteiger partial charge >= 0.3 is 5.97 Å². The molecule has 2 aromatic rings. The zero-order valence-electron chi connectivity index (χ0n) is 13.6. The van der Waals surface area contributed by atoms with E-state index in [4.69, 9.17) is 14.2 Å². The van der Waals surface area contributed by atoms with Crippen LogP contribution in [0.25, 0.3) is 0 Å². The zero-order chi connectivity index (χ0) is 17.6. The SMILES string of the molecule is Cc1cccc(NC(=O)CSCC(=O)Oc2ccc3c(c2)OCO3)c1. The van der Waals surface area contributed by atoms with Gasteiger partial charge in [-0.2, -0.15) is 0 Å². The molecule has 0 aromatic heterocycles. The molecule has 0 saturated heterocycles. The Hall–Kier alpha value is -2.67. The maximum absolute atomic E-state index is 11.9. The van der Waals surface area contributed by atoms with Crippen molar-refractivity contribution in [2.24, 2.45) is 0 Å². The number of fused-ring (bicyclic) bond motifs is 1. The number of rotatable bonds is 6. The monoisotopic (exact) mass is 359 g/mol. The smallest absolute Gasteiger partial charge is 0.321 e. The van der Waals surface area contributed by atoms with Crippen molar-refractivity contribution in [2.75, 3.05) is 23.6 Å². The van der Waals surface area contributed by atoms with Gasteiger partial charge in [0.1, 0.15) is 5.75 Å². The first-order chi connectivity index (χ1) is 12.1. The van der Waals surface area contributed by atoms with E-state index in [1.807, 2.05) is 31.2 Å². The topological polar surface area (TPSA) is 73.9 Å². The molecule has 0 spiro atoms. The van der Waals surface area contributed by atoms with Crippen LogP contribution in [0.4, 0.5) is 5.69 Å². The summed E-state index contributed by atoms with van der Waals surface area (Å²) < 4.78 is 15.6. The summed E-state index contributed by atoms with van der Waals surface area (Å²) in [7, 11) is 0. The fraction of sp³-hybridized carbons (Fsp3) is 0.222. The lowest BCUT2D eigenvalue weighted by Crippen LogP contribution is -2.17. The van der Waals surface area contributed by atoms with Crippen molar-refractivity contribution < 1.29 is 23.8 Å². The minimum Gasteiger partial charge on any atom is -0.454 e. The molecule has 0 unspecified atom stereocenters. The van der Waals surface area contributed by atoms with E-state index in [0.29, 0.717) is 17.2 Å². The third kappa shape index (κ3) is 4.90. The summed E-state index contributed by atoms with van der Waals surface area (Å²) in [6, 6.07) is 12.5. The molecule has 1 aliphatic rings. The predicted octanol–water partition coefficient (Wildman–Crippen LogP) is 3.00. The van der Waals surface area contributed by atoms with Crippen LogP contribution in [0, 0.1) is 6.92 Å². The number of hydrogen-bond acceptors (Lipinski definition) is 6. The minimum absolute atomic E-state index is 0.0790. The van der Waals surface area contributed by atoms with Crippen LogP contribution in [0.15, 0.2) is 42.5 Å². The molecule has 0 radical (unpaired) electrons. The molecule has 0 aliphatic carbocycles. The largest absolute Gasteiger partial charge is 0.454 e. The van der Waals surface area contributed by atoms with E-state index in [-0.39, 0.29) is 24.2 Å². The van der Waals surface area contributed by atoms with Crippen molar-refractivity contribution >= 4 is 29.3 Å². The van der Waals surface area contributed by atoms with Crippen LogP contribution in [0.1, 0.15) is 5.56 Å². The fourth-order valence-corrected chi connectivity index (χ4v) is 2.83. The lowest BCUT2D eigenvalue weighted by molar-refractivity contribution is -0.131. The molecule has 1 heterocycles. The summed E-state index contributed by atoms with van der Waals surface area (Å²) in [6.45, 7) is 2.12. The van der Waals surface area contributed by atoms with Gasteiger partial charge in [-0.1, -0.05) is 12.1 Å². The number of hydrogen-bond donors (Lipinski definition) is 1. The highest BCUT2D eigenvalue weighted by Crippen LogP contribution is 2.35. The summed E-state index contributed by atoms with van der Waals surface area (Å²) in [5.41, 5.74) is 1.81. The second-order valence-corrected chi connectivity index (χ2v) is 6.39. The van der Waals surface area contributed by atoms with Gasteiger partial charge in [0, 0.05) is 11.8 Å². The van der Waals surface area contributed by atoms with Crippen molar-refractivity contribution in [3.05, 3.63) is 48.0 Å². The van der Waals surface area contributed by atoms with Gasteiger partial charge in [-0.05, 0) is 36.8 Å². The molecule has 6 nitrogen and oxygen atoms in total. The number of amides is 1. The fourth-order valence-electron chi connectivity index (χ4n) is 2.25. The Labute approximate surface area is 149 Å². The van der Waals surface area contributed by atoms with E-state index in [2.05, 4.69) is 5.32 Å². The maximum Gasteiger partial charge on any atom is 0.321 e. The van der Waals surface area contributed by atoms with Crippen LogP contribution in [0.3, 0.4) is 0 Å². The van der Waals surface area contributed by atoms with Crippen LogP contribution in [0.2, 0.25) is 0 Å². The van der Waals surface area contributed by atoms with Crippen molar-refractivity contribution in [3.63, 3.8) is 0 Å². The summed E-state index contributed by atoms with van der Waals surface area (Å²) >= 11 is 1.20. The van der Waals surface area contributed by atoms with Gasteiger partial charge in [0.15, 0.2) is 11.5 Å². The first kappa shape index (κ1) is 17.2. The Bertz CT molecular complexity index is 793. The number of benzene rings is 2. The first-order valence-electron chi connectivity index (χ1n) is 7.65. The van der Waals surface area contributed by atoms with Gasteiger partial charge in [-0.3, -0.25) is 9.59 Å². The molecule has 0 saturated carbocycles. The van der Waals surface area contributed by atoms with Gasteiger partial charge in [0.2, 0.25) is 12.7 Å². The normalized spacial score (nSPS) is 11.9. The summed E-state index contributed by atoms with van der Waals surface area (Å²) in [6.07, 6.45) is 0. The summed E-state index contributed by atoms with van der Waals surface area (Å²) in [5.74, 6) is 1.23. The number of carbonyl (C=O) groups is 2. The maximum atomic E-state index is 11.9. The molecule has 1 amide bonds. The highest BCUT2D eigenvalue weighted by Gasteiger charge is 2.15. The molecule has 2 aromatic carbocycles. The molecular weight excluding hydrogens is 342 g/mol. The second kappa shape index (κ2) is 7.94. The van der Waals surface area contributed by atoms with Crippen molar-refractivity contribution in [2.45, 2.75) is 6.92 Å². The summed E-state index contributed by atoms with van der Waals surface area (Å²) in [4.78, 5) is 23.7. The van der Waals surface area contributed by atoms with Gasteiger partial charge in [-0.15, -0.1) is 11.8 Å². The van der Waals surface area contributed by atoms with E-state index >= 15 is 0 Å². The molecular formula is C18H17NO5S. The third-order valence-electron chi connectivity index (χ3n) is 3.33. The average Bonchev–Trinajstić information content (AvgIpc) is 3.02. The molecule has 130 valence electrons. The average molecular weight is 359 g/mol. The van der Waals surface area contributed by atoms with E-state index in [1.54, 1.807) is 18.2 Å². The van der Waals surface area contributed by atoms with Crippen LogP contribution >= 0.6 is 11.8 Å². The van der Waals surface area contributed by atoms with Gasteiger partial charge < -0.3 is 19.5 Å². The molecule has 0 fully saturated rings. The van der Waals surface area contributed by atoms with Crippen molar-refractivity contribution in [1.29, 1.82) is 0 Å². The third-order valence-corrected chi connectivity index (χ3v) is 4.24. The number of carbonyl (C=O) groups excluding carboxylic acids is 2. The Kier molecular flexibility index (Phi) is 5.45. The number of esters is 1. The second-order valence-electron chi connectivity index (χ2n) is 5.40. The molecule has 1 N–H and O–H groups in total. The van der Waals surface area contributed by atoms with E-state index in [0.717, 1.165) is 11.3 Å². The molecule has 0 bridgehead atoms. The lowest BCUT2D eigenvalue weighted by Gasteiger charge is -2.07. The van der Waals surface area contributed by atoms with Gasteiger partial charge in [0.25, 0.3) is 0 Å². The van der Waals surface area contributed by atoms with E-state index in [9.17, 15) is 9.59 Å². The predicted molar refractivity (Wildman–Crippen MR) is 95.3 cm³/mol. The van der Waals surface area contributed by atoms with E-state index < -0.39 is 5.97 Å². The minimum atomic E-state index is -0.424. The highest BCUT2D eigenvalue weighted by molar-refractivity contribution is 8.00. The number of aryl methyl sites for hydroxylation is 1. The molecule has 25 heavy (non-hydrogen) atoms. The number of nitrogens with one attached hydrogen (secondary N) is 1. The number of thioether (sulfide) groups is 1. The lowest BCUT2D eigenvalue weighted by atomic mass is 10.2. The Balaban J connectivity index is 1.41. The van der Waals surface area contributed by atoms with Crippen molar-refractivity contribution in [3.8, 4) is 17.2 Å². The Morgan fingerprint density at radius 1 is 1.12 bits per heavy atom. The molecule has 3 rings (SSSR count). The van der Waals surface area contributed by atoms with Crippen LogP contribution in [0.5, 0.6) is 17.2 Å². The molecule has 1 aliphatic heterocycles. The zero-order valence-corrected chi connectivity index (χ0v) is 14.4. The Morgan fingerprint density at radius 2 is 1.96 bits per heavy atom. The summed E-state index contributed by atoms with van der Waals surface area (Å²) in [5, 5.41) is 2.79. The van der Waals surface area contributed by atoms with Crippen LogP contribution in [-0.2, 0) is 9.59 Å². The highest BCUT2D eigenvalue weighted by atomic mass is 32.2.